The zero-order valence-corrected chi connectivity index (χ0v) is 14.8. The second kappa shape index (κ2) is 7.12. The van der Waals surface area contributed by atoms with Gasteiger partial charge < -0.3 is 9.84 Å². The molecular weight excluding hydrogens is 326 g/mol. The Bertz CT molecular complexity index is 946. The number of aromatic nitrogens is 2. The topological polar surface area (TPSA) is 68.0 Å². The number of rotatable bonds is 4. The molecule has 26 heavy (non-hydrogen) atoms. The minimum absolute atomic E-state index is 0.117. The quantitative estimate of drug-likeness (QED) is 0.778. The van der Waals surface area contributed by atoms with E-state index in [0.29, 0.717) is 17.3 Å². The van der Waals surface area contributed by atoms with Gasteiger partial charge in [-0.25, -0.2) is 0 Å². The third-order valence-corrected chi connectivity index (χ3v) is 4.86. The maximum atomic E-state index is 12.4. The Balaban J connectivity index is 1.43. The second-order valence-electron chi connectivity index (χ2n) is 6.70. The zero-order chi connectivity index (χ0) is 17.9. The molecule has 0 unspecified atom stereocenters. The van der Waals surface area contributed by atoms with Gasteiger partial charge in [0, 0.05) is 11.1 Å². The van der Waals surface area contributed by atoms with E-state index >= 15 is 0 Å². The molecule has 1 aliphatic carbocycles. The molecular formula is C21H21N3O2. The van der Waals surface area contributed by atoms with Crippen LogP contribution in [-0.2, 0) is 19.4 Å². The van der Waals surface area contributed by atoms with E-state index in [1.165, 1.54) is 24.0 Å². The molecule has 0 aliphatic heterocycles. The molecule has 5 heteroatoms. The van der Waals surface area contributed by atoms with Crippen LogP contribution in [0.4, 0.5) is 0 Å². The predicted octanol–water partition coefficient (Wildman–Crippen LogP) is 3.85. The van der Waals surface area contributed by atoms with Crippen LogP contribution < -0.4 is 5.32 Å². The Morgan fingerprint density at radius 2 is 1.92 bits per heavy atom. The minimum atomic E-state index is -0.117. The summed E-state index contributed by atoms with van der Waals surface area (Å²) in [5, 5.41) is 6.88. The number of aryl methyl sites for hydroxylation is 3. The van der Waals surface area contributed by atoms with Gasteiger partial charge in [-0.1, -0.05) is 35.5 Å². The van der Waals surface area contributed by atoms with Crippen molar-refractivity contribution in [1.29, 1.82) is 0 Å². The first-order valence-electron chi connectivity index (χ1n) is 8.99. The van der Waals surface area contributed by atoms with Crippen LogP contribution in [0.25, 0.3) is 11.4 Å². The van der Waals surface area contributed by atoms with Gasteiger partial charge in [0.15, 0.2) is 0 Å². The minimum Gasteiger partial charge on any atom is -0.343 e. The van der Waals surface area contributed by atoms with Crippen molar-refractivity contribution < 1.29 is 9.32 Å². The van der Waals surface area contributed by atoms with Crippen LogP contribution in [0.1, 0.15) is 45.8 Å². The van der Waals surface area contributed by atoms with Crippen molar-refractivity contribution in [2.75, 3.05) is 0 Å². The average Bonchev–Trinajstić information content (AvgIpc) is 3.15. The number of carbonyl (C=O) groups is 1. The van der Waals surface area contributed by atoms with Crippen LogP contribution in [-0.4, -0.2) is 16.0 Å². The van der Waals surface area contributed by atoms with E-state index in [9.17, 15) is 4.79 Å². The summed E-state index contributed by atoms with van der Waals surface area (Å²) in [6.07, 6.45) is 4.60. The molecule has 1 aliphatic rings. The van der Waals surface area contributed by atoms with Crippen molar-refractivity contribution in [2.24, 2.45) is 0 Å². The van der Waals surface area contributed by atoms with E-state index in [0.717, 1.165) is 24.0 Å². The number of carbonyl (C=O) groups excluding carboxylic acids is 1. The van der Waals surface area contributed by atoms with E-state index in [2.05, 4.69) is 21.5 Å². The molecule has 0 fully saturated rings. The number of amides is 1. The molecule has 2 aromatic carbocycles. The number of fused-ring (bicyclic) bond motifs is 1. The summed E-state index contributed by atoms with van der Waals surface area (Å²) in [4.78, 5) is 16.8. The summed E-state index contributed by atoms with van der Waals surface area (Å²) in [5.74, 6) is 0.824. The predicted molar refractivity (Wildman–Crippen MR) is 98.7 cm³/mol. The summed E-state index contributed by atoms with van der Waals surface area (Å²) >= 11 is 0. The molecule has 0 saturated heterocycles. The van der Waals surface area contributed by atoms with Crippen LogP contribution in [0.3, 0.4) is 0 Å². The Hall–Kier alpha value is -2.95. The summed E-state index contributed by atoms with van der Waals surface area (Å²) in [6, 6.07) is 13.8. The van der Waals surface area contributed by atoms with Crippen molar-refractivity contribution in [3.63, 3.8) is 0 Å². The first-order valence-corrected chi connectivity index (χ1v) is 8.99. The smallest absolute Gasteiger partial charge is 0.251 e. The monoisotopic (exact) mass is 347 g/mol. The van der Waals surface area contributed by atoms with Gasteiger partial charge in [-0.3, -0.25) is 4.79 Å². The fourth-order valence-corrected chi connectivity index (χ4v) is 3.39. The van der Waals surface area contributed by atoms with E-state index in [1.807, 2.05) is 43.3 Å². The summed E-state index contributed by atoms with van der Waals surface area (Å²) in [5.41, 5.74) is 5.36. The number of hydrogen-bond donors (Lipinski definition) is 1. The van der Waals surface area contributed by atoms with Crippen molar-refractivity contribution >= 4 is 5.91 Å². The highest BCUT2D eigenvalue weighted by atomic mass is 16.5. The highest BCUT2D eigenvalue weighted by Gasteiger charge is 2.15. The zero-order valence-electron chi connectivity index (χ0n) is 14.8. The van der Waals surface area contributed by atoms with Gasteiger partial charge in [0.05, 0.1) is 6.54 Å². The standard InChI is InChI=1S/C21H21N3O2/c1-14-6-2-5-9-18(14)20-23-19(26-24-20)13-22-21(25)17-11-10-15-7-3-4-8-16(15)12-17/h2,5-6,9-12H,3-4,7-8,13H2,1H3,(H,22,25). The first-order chi connectivity index (χ1) is 12.7. The van der Waals surface area contributed by atoms with Gasteiger partial charge in [-0.15, -0.1) is 0 Å². The molecule has 0 atom stereocenters. The lowest BCUT2D eigenvalue weighted by Gasteiger charge is -2.16. The lowest BCUT2D eigenvalue weighted by Crippen LogP contribution is -2.23. The van der Waals surface area contributed by atoms with E-state index < -0.39 is 0 Å². The fourth-order valence-electron chi connectivity index (χ4n) is 3.39. The van der Waals surface area contributed by atoms with Crippen molar-refractivity contribution in [3.8, 4) is 11.4 Å². The van der Waals surface area contributed by atoms with Crippen molar-refractivity contribution in [2.45, 2.75) is 39.2 Å². The molecule has 3 aromatic rings. The lowest BCUT2D eigenvalue weighted by molar-refractivity contribution is 0.0946. The van der Waals surface area contributed by atoms with Crippen LogP contribution in [0, 0.1) is 6.92 Å². The average molecular weight is 347 g/mol. The van der Waals surface area contributed by atoms with Crippen LogP contribution in [0.5, 0.6) is 0 Å². The molecule has 5 nitrogen and oxygen atoms in total. The molecule has 1 aromatic heterocycles. The summed E-state index contributed by atoms with van der Waals surface area (Å²) < 4.78 is 5.28. The molecule has 4 rings (SSSR count). The maximum Gasteiger partial charge on any atom is 0.251 e. The Kier molecular flexibility index (Phi) is 4.52. The second-order valence-corrected chi connectivity index (χ2v) is 6.70. The van der Waals surface area contributed by atoms with Gasteiger partial charge in [-0.2, -0.15) is 4.98 Å². The molecule has 132 valence electrons. The first kappa shape index (κ1) is 16.5. The Labute approximate surface area is 152 Å². The largest absolute Gasteiger partial charge is 0.343 e. The van der Waals surface area contributed by atoms with Crippen LogP contribution in [0.15, 0.2) is 47.0 Å². The van der Waals surface area contributed by atoms with Crippen molar-refractivity contribution in [3.05, 3.63) is 70.6 Å². The Morgan fingerprint density at radius 3 is 2.77 bits per heavy atom. The maximum absolute atomic E-state index is 12.4. The van der Waals surface area contributed by atoms with E-state index in [1.54, 1.807) is 0 Å². The fraction of sp³-hybridized carbons (Fsp3) is 0.286. The van der Waals surface area contributed by atoms with Crippen LogP contribution in [0.2, 0.25) is 0 Å². The number of nitrogens with one attached hydrogen (secondary N) is 1. The third kappa shape index (κ3) is 3.38. The van der Waals surface area contributed by atoms with E-state index in [-0.39, 0.29) is 12.5 Å². The molecule has 0 bridgehead atoms. The van der Waals surface area contributed by atoms with E-state index in [4.69, 9.17) is 4.52 Å². The van der Waals surface area contributed by atoms with Crippen molar-refractivity contribution in [1.82, 2.24) is 15.5 Å². The number of benzene rings is 2. The molecule has 1 N–H and O–H groups in total. The molecule has 1 heterocycles. The SMILES string of the molecule is Cc1ccccc1-c1noc(CNC(=O)c2ccc3c(c2)CCCC3)n1. The molecule has 0 spiro atoms. The summed E-state index contributed by atoms with van der Waals surface area (Å²) in [6.45, 7) is 2.22. The number of nitrogens with zero attached hydrogens (tertiary/aromatic N) is 2. The highest BCUT2D eigenvalue weighted by Crippen LogP contribution is 2.22. The van der Waals surface area contributed by atoms with Gasteiger partial charge in [0.25, 0.3) is 5.91 Å². The molecule has 0 saturated carbocycles. The van der Waals surface area contributed by atoms with Crippen LogP contribution >= 0.6 is 0 Å². The summed E-state index contributed by atoms with van der Waals surface area (Å²) in [7, 11) is 0. The third-order valence-electron chi connectivity index (χ3n) is 4.86. The normalized spacial score (nSPS) is 13.3. The lowest BCUT2D eigenvalue weighted by atomic mass is 9.90. The highest BCUT2D eigenvalue weighted by molar-refractivity contribution is 5.94. The van der Waals surface area contributed by atoms with Gasteiger partial charge in [-0.05, 0) is 61.4 Å². The number of hydrogen-bond acceptors (Lipinski definition) is 4. The van der Waals surface area contributed by atoms with Gasteiger partial charge in [0.2, 0.25) is 11.7 Å². The van der Waals surface area contributed by atoms with Gasteiger partial charge >= 0.3 is 0 Å². The van der Waals surface area contributed by atoms with Gasteiger partial charge in [0.1, 0.15) is 0 Å². The molecule has 1 amide bonds. The molecule has 0 radical (unpaired) electrons. The Morgan fingerprint density at radius 1 is 1.12 bits per heavy atom.